The van der Waals surface area contributed by atoms with E-state index in [4.69, 9.17) is 4.52 Å². The van der Waals surface area contributed by atoms with E-state index in [0.717, 1.165) is 25.9 Å². The van der Waals surface area contributed by atoms with Gasteiger partial charge in [-0.2, -0.15) is 10.1 Å². The molecule has 1 aliphatic rings. The highest BCUT2D eigenvalue weighted by molar-refractivity contribution is 5.90. The van der Waals surface area contributed by atoms with Gasteiger partial charge < -0.3 is 14.7 Å². The number of carbonyl (C=O) groups excluding carboxylic acids is 2. The highest BCUT2D eigenvalue weighted by Crippen LogP contribution is 2.11. The van der Waals surface area contributed by atoms with Crippen LogP contribution in [0.15, 0.2) is 16.9 Å². The van der Waals surface area contributed by atoms with Crippen molar-refractivity contribution in [3.8, 4) is 0 Å². The molecule has 9 nitrogen and oxygen atoms in total. The van der Waals surface area contributed by atoms with E-state index in [1.807, 2.05) is 4.90 Å². The lowest BCUT2D eigenvalue weighted by molar-refractivity contribution is -0.132. The number of piperidine rings is 1. The Kier molecular flexibility index (Phi) is 5.42. The predicted molar refractivity (Wildman–Crippen MR) is 88.6 cm³/mol. The van der Waals surface area contributed by atoms with Crippen LogP contribution in [0.25, 0.3) is 0 Å². The Bertz CT molecular complexity index is 732. The molecule has 0 saturated carbocycles. The first kappa shape index (κ1) is 17.1. The number of aryl methyl sites for hydroxylation is 2. The van der Waals surface area contributed by atoms with Crippen molar-refractivity contribution >= 4 is 17.5 Å². The summed E-state index contributed by atoms with van der Waals surface area (Å²) in [4.78, 5) is 30.1. The van der Waals surface area contributed by atoms with Crippen LogP contribution in [-0.4, -0.2) is 49.7 Å². The quantitative estimate of drug-likeness (QED) is 0.841. The summed E-state index contributed by atoms with van der Waals surface area (Å²) in [5.74, 6) is 0.885. The van der Waals surface area contributed by atoms with Crippen molar-refractivity contribution in [2.24, 2.45) is 0 Å². The summed E-state index contributed by atoms with van der Waals surface area (Å²) in [6.07, 6.45) is 7.13. The first-order valence-electron chi connectivity index (χ1n) is 8.49. The Hall–Kier alpha value is -2.71. The van der Waals surface area contributed by atoms with Crippen LogP contribution in [0, 0.1) is 6.92 Å². The molecule has 9 heteroatoms. The van der Waals surface area contributed by atoms with Crippen LogP contribution in [0.3, 0.4) is 0 Å². The number of carbonyl (C=O) groups is 2. The van der Waals surface area contributed by atoms with E-state index in [1.54, 1.807) is 17.8 Å². The minimum absolute atomic E-state index is 0.0624. The van der Waals surface area contributed by atoms with Crippen molar-refractivity contribution in [3.05, 3.63) is 24.1 Å². The summed E-state index contributed by atoms with van der Waals surface area (Å²) in [6.45, 7) is 3.56. The van der Waals surface area contributed by atoms with Gasteiger partial charge in [0.25, 0.3) is 0 Å². The summed E-state index contributed by atoms with van der Waals surface area (Å²) in [7, 11) is 0. The van der Waals surface area contributed by atoms with E-state index in [9.17, 15) is 9.59 Å². The minimum atomic E-state index is -0.169. The van der Waals surface area contributed by atoms with Gasteiger partial charge in [-0.25, -0.2) is 0 Å². The van der Waals surface area contributed by atoms with E-state index < -0.39 is 0 Å². The van der Waals surface area contributed by atoms with E-state index >= 15 is 0 Å². The third-order valence-electron chi connectivity index (χ3n) is 4.06. The fraction of sp³-hybridized carbons (Fsp3) is 0.562. The number of anilines is 1. The van der Waals surface area contributed by atoms with Gasteiger partial charge in [0.15, 0.2) is 5.82 Å². The maximum Gasteiger partial charge on any atom is 0.244 e. The Morgan fingerprint density at radius 3 is 2.80 bits per heavy atom. The van der Waals surface area contributed by atoms with Crippen molar-refractivity contribution in [1.29, 1.82) is 0 Å². The van der Waals surface area contributed by atoms with Gasteiger partial charge in [0.05, 0.1) is 11.9 Å². The van der Waals surface area contributed by atoms with Crippen LogP contribution in [-0.2, 0) is 22.6 Å². The number of amides is 2. The molecule has 0 aromatic carbocycles. The van der Waals surface area contributed by atoms with Gasteiger partial charge >= 0.3 is 0 Å². The lowest BCUT2D eigenvalue weighted by Crippen LogP contribution is -2.37. The van der Waals surface area contributed by atoms with Gasteiger partial charge in [-0.05, 0) is 26.2 Å². The second kappa shape index (κ2) is 7.91. The largest absolute Gasteiger partial charge is 0.341 e. The van der Waals surface area contributed by atoms with Crippen LogP contribution in [0.2, 0.25) is 0 Å². The summed E-state index contributed by atoms with van der Waals surface area (Å²) in [5.41, 5.74) is 0.568. The lowest BCUT2D eigenvalue weighted by Gasteiger charge is -2.26. The molecule has 0 unspecified atom stereocenters. The van der Waals surface area contributed by atoms with E-state index in [-0.39, 0.29) is 24.8 Å². The highest BCUT2D eigenvalue weighted by atomic mass is 16.5. The first-order chi connectivity index (χ1) is 12.1. The molecule has 134 valence electrons. The lowest BCUT2D eigenvalue weighted by atomic mass is 10.1. The molecule has 1 aliphatic heterocycles. The zero-order valence-corrected chi connectivity index (χ0v) is 14.3. The molecule has 0 atom stereocenters. The third-order valence-corrected chi connectivity index (χ3v) is 4.06. The van der Waals surface area contributed by atoms with Crippen LogP contribution in [0.5, 0.6) is 0 Å². The maximum absolute atomic E-state index is 12.2. The second-order valence-electron chi connectivity index (χ2n) is 6.15. The van der Waals surface area contributed by atoms with E-state index in [2.05, 4.69) is 20.6 Å². The molecule has 3 rings (SSSR count). The van der Waals surface area contributed by atoms with Crippen molar-refractivity contribution in [2.75, 3.05) is 18.4 Å². The minimum Gasteiger partial charge on any atom is -0.341 e. The molecule has 0 aliphatic carbocycles. The average molecular weight is 346 g/mol. The molecule has 1 N–H and O–H groups in total. The number of aromatic nitrogens is 4. The summed E-state index contributed by atoms with van der Waals surface area (Å²) >= 11 is 0. The first-order valence-corrected chi connectivity index (χ1v) is 8.49. The molecule has 2 amide bonds. The summed E-state index contributed by atoms with van der Waals surface area (Å²) < 4.78 is 6.52. The van der Waals surface area contributed by atoms with Gasteiger partial charge in [-0.15, -0.1) is 0 Å². The molecule has 0 spiro atoms. The molecule has 2 aromatic rings. The van der Waals surface area contributed by atoms with E-state index in [1.165, 1.54) is 12.6 Å². The Balaban J connectivity index is 1.45. The fourth-order valence-electron chi connectivity index (χ4n) is 2.78. The zero-order valence-electron chi connectivity index (χ0n) is 14.3. The van der Waals surface area contributed by atoms with E-state index in [0.29, 0.717) is 23.8 Å². The topological polar surface area (TPSA) is 106 Å². The van der Waals surface area contributed by atoms with Gasteiger partial charge in [-0.1, -0.05) is 5.16 Å². The summed E-state index contributed by atoms with van der Waals surface area (Å²) in [6, 6.07) is 0. The molecule has 0 bridgehead atoms. The predicted octanol–water partition coefficient (Wildman–Crippen LogP) is 1.16. The number of hydrogen-bond acceptors (Lipinski definition) is 6. The second-order valence-corrected chi connectivity index (χ2v) is 6.15. The van der Waals surface area contributed by atoms with Gasteiger partial charge in [0, 0.05) is 32.1 Å². The van der Waals surface area contributed by atoms with Crippen molar-refractivity contribution in [2.45, 2.75) is 45.6 Å². The molecule has 0 radical (unpaired) electrons. The smallest absolute Gasteiger partial charge is 0.244 e. The number of nitrogens with zero attached hydrogens (tertiary/aromatic N) is 5. The fourth-order valence-corrected chi connectivity index (χ4v) is 2.78. The van der Waals surface area contributed by atoms with Crippen LogP contribution in [0.4, 0.5) is 5.69 Å². The van der Waals surface area contributed by atoms with Crippen LogP contribution < -0.4 is 5.32 Å². The van der Waals surface area contributed by atoms with Gasteiger partial charge in [-0.3, -0.25) is 14.3 Å². The average Bonchev–Trinajstić information content (AvgIpc) is 3.22. The summed E-state index contributed by atoms with van der Waals surface area (Å²) in [5, 5.41) is 10.6. The number of likely N-dealkylation sites (tertiary alicyclic amines) is 1. The SMILES string of the molecule is Cc1noc(CCC(=O)Nc2cnn(CC(=O)N3CCCCC3)c2)n1. The molecular formula is C16H22N6O3. The van der Waals surface area contributed by atoms with Crippen molar-refractivity contribution < 1.29 is 14.1 Å². The Morgan fingerprint density at radius 1 is 1.28 bits per heavy atom. The highest BCUT2D eigenvalue weighted by Gasteiger charge is 2.17. The van der Waals surface area contributed by atoms with Crippen LogP contribution in [0.1, 0.15) is 37.4 Å². The zero-order chi connectivity index (χ0) is 17.6. The Morgan fingerprint density at radius 2 is 2.08 bits per heavy atom. The van der Waals surface area contributed by atoms with Crippen molar-refractivity contribution in [3.63, 3.8) is 0 Å². The third kappa shape index (κ3) is 4.88. The monoisotopic (exact) mass is 346 g/mol. The molecule has 2 aromatic heterocycles. The number of rotatable bonds is 6. The number of hydrogen-bond donors (Lipinski definition) is 1. The molecule has 3 heterocycles. The molecular weight excluding hydrogens is 324 g/mol. The molecule has 1 fully saturated rings. The van der Waals surface area contributed by atoms with Gasteiger partial charge in [0.2, 0.25) is 17.7 Å². The number of nitrogens with one attached hydrogen (secondary N) is 1. The maximum atomic E-state index is 12.2. The van der Waals surface area contributed by atoms with Crippen LogP contribution >= 0.6 is 0 Å². The van der Waals surface area contributed by atoms with Crippen molar-refractivity contribution in [1.82, 2.24) is 24.8 Å². The van der Waals surface area contributed by atoms with Gasteiger partial charge in [0.1, 0.15) is 6.54 Å². The molecule has 1 saturated heterocycles. The standard InChI is InChI=1S/C16H22N6O3/c1-12-18-15(25-20-12)6-5-14(23)19-13-9-17-22(10-13)11-16(24)21-7-3-2-4-8-21/h9-10H,2-8,11H2,1H3,(H,19,23). The normalized spacial score (nSPS) is 14.5. The molecule has 25 heavy (non-hydrogen) atoms. The Labute approximate surface area is 145 Å².